The fourth-order valence-electron chi connectivity index (χ4n) is 3.88. The quantitative estimate of drug-likeness (QED) is 0.393. The molecule has 13 heteroatoms. The summed E-state index contributed by atoms with van der Waals surface area (Å²) in [4.78, 5) is 12.7. The molecule has 0 saturated carbocycles. The average Bonchev–Trinajstić information content (AvgIpc) is 2.89. The summed E-state index contributed by atoms with van der Waals surface area (Å²) in [5.41, 5.74) is 0.205. The molecule has 0 spiro atoms. The lowest BCUT2D eigenvalue weighted by atomic mass is 10.2. The largest absolute Gasteiger partial charge is 0.497 e. The van der Waals surface area contributed by atoms with Crippen LogP contribution in [0.15, 0.2) is 47.4 Å². The Balaban J connectivity index is 1.54. The molecule has 0 unspecified atom stereocenters. The number of hydrogen-bond acceptors (Lipinski definition) is 8. The number of nitrogens with zero attached hydrogens (tertiary/aromatic N) is 2. The summed E-state index contributed by atoms with van der Waals surface area (Å²) in [5.74, 6) is 0.641. The first-order valence-corrected chi connectivity index (χ1v) is 15.0. The normalized spacial score (nSPS) is 14.6. The number of methoxy groups -OCH3 is 2. The fraction of sp³-hybridized carbons (Fsp3) is 0.458. The van der Waals surface area contributed by atoms with Crippen molar-refractivity contribution < 1.29 is 35.8 Å². The van der Waals surface area contributed by atoms with Crippen LogP contribution in [-0.4, -0.2) is 80.3 Å². The lowest BCUT2D eigenvalue weighted by Gasteiger charge is -2.25. The van der Waals surface area contributed by atoms with Crippen molar-refractivity contribution in [2.24, 2.45) is 0 Å². The van der Waals surface area contributed by atoms with Crippen molar-refractivity contribution in [2.75, 3.05) is 57.6 Å². The molecule has 0 aliphatic carbocycles. The van der Waals surface area contributed by atoms with Crippen molar-refractivity contribution >= 4 is 31.6 Å². The first-order chi connectivity index (χ1) is 17.6. The molecule has 1 amide bonds. The van der Waals surface area contributed by atoms with E-state index in [4.69, 9.17) is 14.2 Å². The molecule has 1 N–H and O–H groups in total. The number of rotatable bonds is 12. The lowest BCUT2D eigenvalue weighted by Crippen LogP contribution is -2.41. The van der Waals surface area contributed by atoms with Crippen molar-refractivity contribution in [3.8, 4) is 17.2 Å². The van der Waals surface area contributed by atoms with Gasteiger partial charge in [0.15, 0.2) is 0 Å². The number of sulfonamides is 2. The van der Waals surface area contributed by atoms with Gasteiger partial charge in [0, 0.05) is 19.2 Å². The van der Waals surface area contributed by atoms with Gasteiger partial charge in [-0.1, -0.05) is 6.42 Å². The van der Waals surface area contributed by atoms with Crippen molar-refractivity contribution in [1.29, 1.82) is 0 Å². The van der Waals surface area contributed by atoms with Gasteiger partial charge in [-0.3, -0.25) is 9.10 Å². The molecule has 0 atom stereocenters. The van der Waals surface area contributed by atoms with Gasteiger partial charge < -0.3 is 19.5 Å². The highest BCUT2D eigenvalue weighted by molar-refractivity contribution is 7.92. The zero-order valence-corrected chi connectivity index (χ0v) is 22.8. The number of carbonyl (C=O) groups excluding carboxylic acids is 1. The van der Waals surface area contributed by atoms with Crippen molar-refractivity contribution in [3.05, 3.63) is 42.5 Å². The van der Waals surface area contributed by atoms with Crippen LogP contribution in [0, 0.1) is 0 Å². The Morgan fingerprint density at radius 1 is 0.946 bits per heavy atom. The number of ether oxygens (including phenoxy) is 3. The summed E-state index contributed by atoms with van der Waals surface area (Å²) >= 11 is 0. The maximum absolute atomic E-state index is 12.7. The van der Waals surface area contributed by atoms with Crippen LogP contribution in [-0.2, 0) is 24.8 Å². The summed E-state index contributed by atoms with van der Waals surface area (Å²) in [6, 6.07) is 10.8. The van der Waals surface area contributed by atoms with Gasteiger partial charge in [0.05, 0.1) is 37.6 Å². The van der Waals surface area contributed by atoms with E-state index in [1.54, 1.807) is 18.2 Å². The molecule has 0 radical (unpaired) electrons. The molecule has 3 rings (SSSR count). The Hall–Kier alpha value is -3.03. The number of carbonyl (C=O) groups is 1. The Morgan fingerprint density at radius 3 is 2.19 bits per heavy atom. The molecule has 1 aliphatic rings. The maximum atomic E-state index is 12.7. The summed E-state index contributed by atoms with van der Waals surface area (Å²) in [6.45, 7) is 0.827. The van der Waals surface area contributed by atoms with Crippen molar-refractivity contribution in [1.82, 2.24) is 9.62 Å². The molecule has 11 nitrogen and oxygen atoms in total. The molecule has 0 aromatic heterocycles. The molecule has 0 bridgehead atoms. The molecule has 1 heterocycles. The number of nitrogens with one attached hydrogen (secondary N) is 1. The molecular weight excluding hydrogens is 522 g/mol. The Labute approximate surface area is 218 Å². The van der Waals surface area contributed by atoms with Crippen LogP contribution in [0.25, 0.3) is 0 Å². The van der Waals surface area contributed by atoms with E-state index in [-0.39, 0.29) is 29.5 Å². The summed E-state index contributed by atoms with van der Waals surface area (Å²) in [7, 11) is -4.44. The zero-order valence-electron chi connectivity index (χ0n) is 21.2. The first kappa shape index (κ1) is 28.5. The summed E-state index contributed by atoms with van der Waals surface area (Å²) in [5, 5.41) is 2.63. The van der Waals surface area contributed by atoms with E-state index in [1.807, 2.05) is 0 Å². The van der Waals surface area contributed by atoms with E-state index in [2.05, 4.69) is 5.32 Å². The minimum Gasteiger partial charge on any atom is -0.497 e. The zero-order chi connectivity index (χ0) is 27.1. The first-order valence-electron chi connectivity index (χ1n) is 11.8. The monoisotopic (exact) mass is 555 g/mol. The molecule has 2 aromatic carbocycles. The highest BCUT2D eigenvalue weighted by Crippen LogP contribution is 2.33. The molecule has 1 fully saturated rings. The molecule has 204 valence electrons. The van der Waals surface area contributed by atoms with E-state index >= 15 is 0 Å². The smallest absolute Gasteiger partial charge is 0.243 e. The van der Waals surface area contributed by atoms with Crippen LogP contribution < -0.4 is 23.8 Å². The fourth-order valence-corrected chi connectivity index (χ4v) is 6.26. The second kappa shape index (κ2) is 12.5. The number of amides is 1. The predicted octanol–water partition coefficient (Wildman–Crippen LogP) is 1.84. The number of hydrogen-bond donors (Lipinski definition) is 1. The Bertz CT molecular complexity index is 1280. The Kier molecular flexibility index (Phi) is 9.62. The van der Waals surface area contributed by atoms with Crippen LogP contribution in [0.3, 0.4) is 0 Å². The third kappa shape index (κ3) is 7.49. The van der Waals surface area contributed by atoms with Gasteiger partial charge in [0.25, 0.3) is 0 Å². The van der Waals surface area contributed by atoms with Crippen LogP contribution in [0.4, 0.5) is 5.69 Å². The molecule has 2 aromatic rings. The van der Waals surface area contributed by atoms with Gasteiger partial charge in [0.2, 0.25) is 26.0 Å². The van der Waals surface area contributed by atoms with E-state index in [0.29, 0.717) is 24.6 Å². The second-order valence-electron chi connectivity index (χ2n) is 8.44. The van der Waals surface area contributed by atoms with Gasteiger partial charge in [-0.05, 0) is 49.2 Å². The SMILES string of the molecule is COc1ccc(N(CC(=O)NCCOc2ccc(S(=O)(=O)N3CCCCC3)cc2)S(C)(=O)=O)c(OC)c1. The predicted molar refractivity (Wildman–Crippen MR) is 139 cm³/mol. The topological polar surface area (TPSA) is 132 Å². The Morgan fingerprint density at radius 2 is 1.59 bits per heavy atom. The third-order valence-corrected chi connectivity index (χ3v) is 8.85. The highest BCUT2D eigenvalue weighted by atomic mass is 32.2. The number of piperidine rings is 1. The van der Waals surface area contributed by atoms with Crippen LogP contribution in [0.1, 0.15) is 19.3 Å². The van der Waals surface area contributed by atoms with Gasteiger partial charge in [0.1, 0.15) is 30.4 Å². The lowest BCUT2D eigenvalue weighted by molar-refractivity contribution is -0.119. The van der Waals surface area contributed by atoms with Crippen LogP contribution in [0.5, 0.6) is 17.2 Å². The summed E-state index contributed by atoms with van der Waals surface area (Å²) < 4.78 is 68.7. The highest BCUT2D eigenvalue weighted by Gasteiger charge is 2.26. The van der Waals surface area contributed by atoms with E-state index in [9.17, 15) is 21.6 Å². The van der Waals surface area contributed by atoms with Gasteiger partial charge >= 0.3 is 0 Å². The summed E-state index contributed by atoms with van der Waals surface area (Å²) in [6.07, 6.45) is 3.77. The average molecular weight is 556 g/mol. The van der Waals surface area contributed by atoms with Gasteiger partial charge in [-0.2, -0.15) is 4.31 Å². The standard InChI is InChI=1S/C24H33N3O8S2/c1-33-20-9-12-22(23(17-20)34-2)27(36(3,29)30)18-24(28)25-13-16-35-19-7-10-21(11-8-19)37(31,32)26-14-5-4-6-15-26/h7-12,17H,4-6,13-16,18H2,1-3H3,(H,25,28). The van der Waals surface area contributed by atoms with Crippen molar-refractivity contribution in [2.45, 2.75) is 24.2 Å². The minimum absolute atomic E-state index is 0.106. The third-order valence-electron chi connectivity index (χ3n) is 5.81. The second-order valence-corrected chi connectivity index (χ2v) is 12.3. The number of anilines is 1. The van der Waals surface area contributed by atoms with E-state index < -0.39 is 32.5 Å². The maximum Gasteiger partial charge on any atom is 0.243 e. The van der Waals surface area contributed by atoms with Crippen LogP contribution >= 0.6 is 0 Å². The molecule has 1 aliphatic heterocycles. The van der Waals surface area contributed by atoms with Gasteiger partial charge in [-0.25, -0.2) is 16.8 Å². The number of benzene rings is 2. The van der Waals surface area contributed by atoms with Crippen LogP contribution in [0.2, 0.25) is 0 Å². The molecular formula is C24H33N3O8S2. The van der Waals surface area contributed by atoms with Crippen molar-refractivity contribution in [3.63, 3.8) is 0 Å². The minimum atomic E-state index is -3.80. The van der Waals surface area contributed by atoms with Gasteiger partial charge in [-0.15, -0.1) is 0 Å². The molecule has 37 heavy (non-hydrogen) atoms. The van der Waals surface area contributed by atoms with E-state index in [1.165, 1.54) is 42.8 Å². The van der Waals surface area contributed by atoms with E-state index in [0.717, 1.165) is 29.8 Å². The molecule has 1 saturated heterocycles.